The number of hydrogen-bond acceptors (Lipinski definition) is 5. The van der Waals surface area contributed by atoms with E-state index in [1.165, 1.54) is 40.9 Å². The molecule has 1 N–H and O–H groups in total. The van der Waals surface area contributed by atoms with Crippen molar-refractivity contribution in [3.05, 3.63) is 94.6 Å². The van der Waals surface area contributed by atoms with Crippen molar-refractivity contribution in [1.29, 1.82) is 0 Å². The smallest absolute Gasteiger partial charge is 0.369 e. The van der Waals surface area contributed by atoms with Gasteiger partial charge < -0.3 is 10.2 Å². The fourth-order valence-corrected chi connectivity index (χ4v) is 6.01. The molecule has 0 aromatic heterocycles. The van der Waals surface area contributed by atoms with Gasteiger partial charge in [-0.25, -0.2) is 4.39 Å². The molecule has 3 aromatic carbocycles. The molecule has 42 heavy (non-hydrogen) atoms. The lowest BCUT2D eigenvalue weighted by Gasteiger charge is -2.36. The number of amides is 2. The molecule has 1 saturated heterocycles. The van der Waals surface area contributed by atoms with Gasteiger partial charge in [0.1, 0.15) is 12.4 Å². The summed E-state index contributed by atoms with van der Waals surface area (Å²) in [6.45, 7) is 4.54. The quantitative estimate of drug-likeness (QED) is 0.206. The van der Waals surface area contributed by atoms with Crippen molar-refractivity contribution in [1.82, 2.24) is 10.2 Å². The van der Waals surface area contributed by atoms with Gasteiger partial charge in [-0.2, -0.15) is 13.2 Å². The number of anilines is 2. The minimum atomic E-state index is -4.44. The average molecular weight is 599 g/mol. The van der Waals surface area contributed by atoms with Crippen LogP contribution in [0.1, 0.15) is 17.5 Å². The Balaban J connectivity index is 1.13. The summed E-state index contributed by atoms with van der Waals surface area (Å²) in [7, 11) is 0. The van der Waals surface area contributed by atoms with Crippen LogP contribution in [0.5, 0.6) is 0 Å². The van der Waals surface area contributed by atoms with Crippen LogP contribution in [0.25, 0.3) is 6.08 Å². The van der Waals surface area contributed by atoms with Crippen LogP contribution in [0, 0.1) is 5.82 Å². The zero-order chi connectivity index (χ0) is 29.7. The fourth-order valence-electron chi connectivity index (χ4n) is 4.95. The number of thioether (sulfide) groups is 1. The summed E-state index contributed by atoms with van der Waals surface area (Å²) < 4.78 is 52.0. The number of benzene rings is 3. The molecule has 5 rings (SSSR count). The van der Waals surface area contributed by atoms with Gasteiger partial charge >= 0.3 is 6.18 Å². The summed E-state index contributed by atoms with van der Waals surface area (Å²) in [6.07, 6.45) is -2.14. The summed E-state index contributed by atoms with van der Waals surface area (Å²) in [5.41, 5.74) is 1.32. The van der Waals surface area contributed by atoms with Gasteiger partial charge in [0.2, 0.25) is 5.91 Å². The lowest BCUT2D eigenvalue weighted by Crippen LogP contribution is -2.47. The number of carbonyl (C=O) groups excluding carboxylic acids is 2. The Hall–Kier alpha value is -3.83. The molecular weight excluding hydrogens is 568 g/mol. The third-order valence-electron chi connectivity index (χ3n) is 7.21. The first kappa shape index (κ1) is 29.7. The second kappa shape index (κ2) is 13.0. The Kier molecular flexibility index (Phi) is 9.18. The molecule has 2 amide bonds. The highest BCUT2D eigenvalue weighted by Crippen LogP contribution is 2.42. The number of alkyl halides is 3. The van der Waals surface area contributed by atoms with Crippen molar-refractivity contribution >= 4 is 41.0 Å². The molecule has 0 spiro atoms. The molecule has 0 unspecified atom stereocenters. The minimum absolute atomic E-state index is 0.170. The Bertz CT molecular complexity index is 1440. The minimum Gasteiger partial charge on any atom is -0.369 e. The number of halogens is 4. The van der Waals surface area contributed by atoms with Gasteiger partial charge in [-0.05, 0) is 73.1 Å². The van der Waals surface area contributed by atoms with Gasteiger partial charge in [0.05, 0.1) is 16.2 Å². The number of carbonyl (C=O) groups is 2. The van der Waals surface area contributed by atoms with Gasteiger partial charge in [-0.1, -0.05) is 36.0 Å². The summed E-state index contributed by atoms with van der Waals surface area (Å²) in [5, 5.41) is 2.91. The van der Waals surface area contributed by atoms with Crippen LogP contribution in [0.15, 0.2) is 82.6 Å². The zero-order valence-corrected chi connectivity index (χ0v) is 23.6. The third-order valence-corrected chi connectivity index (χ3v) is 8.28. The van der Waals surface area contributed by atoms with Crippen LogP contribution in [0.3, 0.4) is 0 Å². The predicted molar refractivity (Wildman–Crippen MR) is 157 cm³/mol. The molecule has 220 valence electrons. The monoisotopic (exact) mass is 598 g/mol. The topological polar surface area (TPSA) is 55.9 Å². The fraction of sp³-hybridized carbons (Fsp3) is 0.290. The van der Waals surface area contributed by atoms with Crippen LogP contribution >= 0.6 is 11.8 Å². The van der Waals surface area contributed by atoms with E-state index in [0.717, 1.165) is 61.9 Å². The van der Waals surface area contributed by atoms with Gasteiger partial charge in [-0.15, -0.1) is 0 Å². The highest BCUT2D eigenvalue weighted by atomic mass is 32.2. The van der Waals surface area contributed by atoms with Crippen molar-refractivity contribution in [3.8, 4) is 0 Å². The van der Waals surface area contributed by atoms with Crippen molar-refractivity contribution in [2.45, 2.75) is 17.5 Å². The molecule has 3 aromatic rings. The summed E-state index contributed by atoms with van der Waals surface area (Å²) in [6, 6.07) is 18.4. The van der Waals surface area contributed by atoms with Crippen LogP contribution in [0.2, 0.25) is 0 Å². The Morgan fingerprint density at radius 1 is 0.929 bits per heavy atom. The van der Waals surface area contributed by atoms with Crippen LogP contribution < -0.4 is 15.1 Å². The number of nitrogens with zero attached hydrogens (tertiary/aromatic N) is 3. The molecule has 2 heterocycles. The first-order valence-corrected chi connectivity index (χ1v) is 14.5. The Labute approximate surface area is 246 Å². The van der Waals surface area contributed by atoms with E-state index in [4.69, 9.17) is 0 Å². The standard InChI is InChI=1S/C31H30F4N4O2S/c32-24-10-12-25(13-11-24)38-18-16-37(17-19-38)15-3-14-36-29(40)21-39-26-4-1-2-5-27(26)42-28(30(39)41)20-22-6-8-23(9-7-22)31(33,34)35/h1-2,4-13,20H,3,14-19,21H2,(H,36,40). The highest BCUT2D eigenvalue weighted by Gasteiger charge is 2.32. The van der Waals surface area contributed by atoms with E-state index in [1.807, 2.05) is 12.1 Å². The van der Waals surface area contributed by atoms with Crippen molar-refractivity contribution in [2.24, 2.45) is 0 Å². The molecule has 0 aliphatic carbocycles. The van der Waals surface area contributed by atoms with E-state index in [-0.39, 0.29) is 24.2 Å². The number of rotatable bonds is 8. The second-order valence-electron chi connectivity index (χ2n) is 10.1. The zero-order valence-electron chi connectivity index (χ0n) is 22.7. The van der Waals surface area contributed by atoms with E-state index in [9.17, 15) is 27.2 Å². The Morgan fingerprint density at radius 2 is 1.62 bits per heavy atom. The molecule has 11 heteroatoms. The first-order chi connectivity index (χ1) is 20.2. The summed E-state index contributed by atoms with van der Waals surface area (Å²) in [5.74, 6) is -0.921. The maximum absolute atomic E-state index is 13.4. The second-order valence-corrected chi connectivity index (χ2v) is 11.2. The lowest BCUT2D eigenvalue weighted by atomic mass is 10.1. The Morgan fingerprint density at radius 3 is 2.31 bits per heavy atom. The summed E-state index contributed by atoms with van der Waals surface area (Å²) in [4.78, 5) is 33.3. The van der Waals surface area contributed by atoms with Gasteiger partial charge in [-0.3, -0.25) is 19.4 Å². The largest absolute Gasteiger partial charge is 0.416 e. The van der Waals surface area contributed by atoms with Crippen molar-refractivity contribution in [3.63, 3.8) is 0 Å². The number of hydrogen-bond donors (Lipinski definition) is 1. The molecule has 1 fully saturated rings. The average Bonchev–Trinajstić information content (AvgIpc) is 2.98. The first-order valence-electron chi connectivity index (χ1n) is 13.6. The highest BCUT2D eigenvalue weighted by molar-refractivity contribution is 8.04. The van der Waals surface area contributed by atoms with Crippen molar-refractivity contribution in [2.75, 3.05) is 55.6 Å². The molecule has 6 nitrogen and oxygen atoms in total. The number of nitrogens with one attached hydrogen (secondary N) is 1. The SMILES string of the molecule is O=C(CN1C(=O)C(=Cc2ccc(C(F)(F)F)cc2)Sc2ccccc21)NCCCN1CCN(c2ccc(F)cc2)CC1. The van der Waals surface area contributed by atoms with Gasteiger partial charge in [0, 0.05) is 43.3 Å². The van der Waals surface area contributed by atoms with Gasteiger partial charge in [0.25, 0.3) is 5.91 Å². The molecule has 0 saturated carbocycles. The van der Waals surface area contributed by atoms with E-state index in [1.54, 1.807) is 30.3 Å². The molecule has 2 aliphatic heterocycles. The molecular formula is C31H30F4N4O2S. The van der Waals surface area contributed by atoms with Crippen LogP contribution in [-0.4, -0.2) is 62.5 Å². The van der Waals surface area contributed by atoms with Gasteiger partial charge in [0.15, 0.2) is 0 Å². The molecule has 2 aliphatic rings. The van der Waals surface area contributed by atoms with E-state index in [2.05, 4.69) is 15.1 Å². The predicted octanol–water partition coefficient (Wildman–Crippen LogP) is 5.65. The van der Waals surface area contributed by atoms with Crippen molar-refractivity contribution < 1.29 is 27.2 Å². The molecule has 0 radical (unpaired) electrons. The maximum atomic E-state index is 13.4. The normalized spacial score (nSPS) is 17.0. The van der Waals surface area contributed by atoms with E-state index < -0.39 is 11.7 Å². The summed E-state index contributed by atoms with van der Waals surface area (Å²) >= 11 is 1.23. The van der Waals surface area contributed by atoms with Crippen LogP contribution in [-0.2, 0) is 15.8 Å². The molecule has 0 bridgehead atoms. The van der Waals surface area contributed by atoms with E-state index in [0.29, 0.717) is 22.7 Å². The third kappa shape index (κ3) is 7.32. The molecule has 0 atom stereocenters. The number of piperazine rings is 1. The van der Waals surface area contributed by atoms with Crippen LogP contribution in [0.4, 0.5) is 28.9 Å². The number of para-hydroxylation sites is 1. The lowest BCUT2D eigenvalue weighted by molar-refractivity contribution is -0.137. The number of fused-ring (bicyclic) bond motifs is 1. The maximum Gasteiger partial charge on any atom is 0.416 e. The van der Waals surface area contributed by atoms with E-state index >= 15 is 0 Å².